The standard InChI is InChI=1S/C13H29NO/c1-11(2)9-7-5-6-8-10-14-12(3)13(4)15/h11-15H,5-10H2,1-4H3. The maximum absolute atomic E-state index is 9.26. The average molecular weight is 215 g/mol. The Kier molecular flexibility index (Phi) is 9.12. The van der Waals surface area contributed by atoms with Crippen LogP contribution in [0, 0.1) is 5.92 Å². The fourth-order valence-corrected chi connectivity index (χ4v) is 1.53. The Morgan fingerprint density at radius 2 is 1.53 bits per heavy atom. The fraction of sp³-hybridized carbons (Fsp3) is 1.00. The summed E-state index contributed by atoms with van der Waals surface area (Å²) in [6, 6.07) is 0.223. The molecule has 2 N–H and O–H groups in total. The van der Waals surface area contributed by atoms with Crippen molar-refractivity contribution >= 4 is 0 Å². The molecule has 0 spiro atoms. The highest BCUT2D eigenvalue weighted by Crippen LogP contribution is 2.09. The quantitative estimate of drug-likeness (QED) is 0.580. The lowest BCUT2D eigenvalue weighted by Gasteiger charge is -2.16. The Morgan fingerprint density at radius 3 is 2.07 bits per heavy atom. The largest absolute Gasteiger partial charge is 0.392 e. The maximum Gasteiger partial charge on any atom is 0.0662 e. The van der Waals surface area contributed by atoms with Crippen molar-refractivity contribution in [2.75, 3.05) is 6.54 Å². The number of hydrogen-bond acceptors (Lipinski definition) is 2. The van der Waals surface area contributed by atoms with Crippen LogP contribution in [-0.2, 0) is 0 Å². The zero-order valence-electron chi connectivity index (χ0n) is 10.9. The summed E-state index contributed by atoms with van der Waals surface area (Å²) in [7, 11) is 0. The van der Waals surface area contributed by atoms with Crippen molar-refractivity contribution in [2.24, 2.45) is 5.92 Å². The van der Waals surface area contributed by atoms with E-state index in [1.165, 1.54) is 32.1 Å². The summed E-state index contributed by atoms with van der Waals surface area (Å²) in [5.74, 6) is 0.846. The Hall–Kier alpha value is -0.0800. The third-order valence-electron chi connectivity index (χ3n) is 2.90. The lowest BCUT2D eigenvalue weighted by molar-refractivity contribution is 0.152. The molecule has 0 saturated carbocycles. The molecule has 0 aromatic rings. The summed E-state index contributed by atoms with van der Waals surface area (Å²) >= 11 is 0. The Balaban J connectivity index is 3.11. The van der Waals surface area contributed by atoms with Gasteiger partial charge in [-0.05, 0) is 32.7 Å². The third kappa shape index (κ3) is 10.2. The molecule has 0 aliphatic carbocycles. The molecule has 2 heteroatoms. The zero-order valence-corrected chi connectivity index (χ0v) is 10.9. The van der Waals surface area contributed by atoms with E-state index in [0.717, 1.165) is 12.5 Å². The number of hydrogen-bond donors (Lipinski definition) is 2. The van der Waals surface area contributed by atoms with Gasteiger partial charge in [0.25, 0.3) is 0 Å². The summed E-state index contributed by atoms with van der Waals surface area (Å²) in [4.78, 5) is 0. The monoisotopic (exact) mass is 215 g/mol. The van der Waals surface area contributed by atoms with Gasteiger partial charge in [-0.15, -0.1) is 0 Å². The number of aliphatic hydroxyl groups excluding tert-OH is 1. The molecule has 2 atom stereocenters. The van der Waals surface area contributed by atoms with Crippen molar-refractivity contribution in [2.45, 2.75) is 71.9 Å². The maximum atomic E-state index is 9.26. The smallest absolute Gasteiger partial charge is 0.0662 e. The van der Waals surface area contributed by atoms with Crippen molar-refractivity contribution < 1.29 is 5.11 Å². The van der Waals surface area contributed by atoms with Crippen LogP contribution in [0.5, 0.6) is 0 Å². The van der Waals surface area contributed by atoms with E-state index in [1.54, 1.807) is 0 Å². The SMILES string of the molecule is CC(C)CCCCCCNC(C)C(C)O. The normalized spacial score (nSPS) is 15.6. The highest BCUT2D eigenvalue weighted by atomic mass is 16.3. The van der Waals surface area contributed by atoms with Gasteiger partial charge in [0.15, 0.2) is 0 Å². The first-order valence-electron chi connectivity index (χ1n) is 6.45. The summed E-state index contributed by atoms with van der Waals surface area (Å²) < 4.78 is 0. The molecule has 0 amide bonds. The van der Waals surface area contributed by atoms with Crippen LogP contribution in [0.2, 0.25) is 0 Å². The number of nitrogens with one attached hydrogen (secondary N) is 1. The molecule has 2 nitrogen and oxygen atoms in total. The van der Waals surface area contributed by atoms with Crippen LogP contribution in [0.1, 0.15) is 59.8 Å². The van der Waals surface area contributed by atoms with Crippen molar-refractivity contribution in [1.82, 2.24) is 5.32 Å². The topological polar surface area (TPSA) is 32.3 Å². The molecule has 15 heavy (non-hydrogen) atoms. The van der Waals surface area contributed by atoms with Gasteiger partial charge in [0.1, 0.15) is 0 Å². The molecule has 0 aromatic heterocycles. The van der Waals surface area contributed by atoms with E-state index >= 15 is 0 Å². The molecule has 0 aromatic carbocycles. The Morgan fingerprint density at radius 1 is 0.933 bits per heavy atom. The number of aliphatic hydroxyl groups is 1. The minimum atomic E-state index is -0.244. The second-order valence-corrected chi connectivity index (χ2v) is 5.08. The van der Waals surface area contributed by atoms with E-state index in [4.69, 9.17) is 0 Å². The van der Waals surface area contributed by atoms with Crippen LogP contribution in [0.15, 0.2) is 0 Å². The van der Waals surface area contributed by atoms with E-state index in [0.29, 0.717) is 0 Å². The average Bonchev–Trinajstić information content (AvgIpc) is 2.15. The molecule has 0 aliphatic rings. The molecule has 0 fully saturated rings. The van der Waals surface area contributed by atoms with Crippen LogP contribution < -0.4 is 5.32 Å². The molecule has 92 valence electrons. The second-order valence-electron chi connectivity index (χ2n) is 5.08. The van der Waals surface area contributed by atoms with E-state index < -0.39 is 0 Å². The van der Waals surface area contributed by atoms with Gasteiger partial charge in [-0.1, -0.05) is 39.5 Å². The summed E-state index contributed by atoms with van der Waals surface area (Å²) in [5, 5.41) is 12.6. The summed E-state index contributed by atoms with van der Waals surface area (Å²) in [6.07, 6.45) is 6.37. The van der Waals surface area contributed by atoms with Gasteiger partial charge in [0.05, 0.1) is 6.10 Å². The van der Waals surface area contributed by atoms with Crippen molar-refractivity contribution in [1.29, 1.82) is 0 Å². The van der Waals surface area contributed by atoms with E-state index in [1.807, 2.05) is 13.8 Å². The van der Waals surface area contributed by atoms with Crippen LogP contribution in [0.4, 0.5) is 0 Å². The van der Waals surface area contributed by atoms with Gasteiger partial charge >= 0.3 is 0 Å². The lowest BCUT2D eigenvalue weighted by Crippen LogP contribution is -2.35. The minimum Gasteiger partial charge on any atom is -0.392 e. The third-order valence-corrected chi connectivity index (χ3v) is 2.90. The summed E-state index contributed by atoms with van der Waals surface area (Å²) in [6.45, 7) is 9.47. The Bertz CT molecular complexity index is 134. The van der Waals surface area contributed by atoms with Gasteiger partial charge in [-0.2, -0.15) is 0 Å². The fourth-order valence-electron chi connectivity index (χ4n) is 1.53. The zero-order chi connectivity index (χ0) is 11.7. The minimum absolute atomic E-state index is 0.223. The predicted molar refractivity (Wildman–Crippen MR) is 67.1 cm³/mol. The first-order chi connectivity index (χ1) is 7.04. The van der Waals surface area contributed by atoms with Crippen molar-refractivity contribution in [3.8, 4) is 0 Å². The first-order valence-corrected chi connectivity index (χ1v) is 6.45. The molecule has 0 radical (unpaired) electrons. The molecule has 0 aliphatic heterocycles. The van der Waals surface area contributed by atoms with Crippen LogP contribution in [0.25, 0.3) is 0 Å². The van der Waals surface area contributed by atoms with E-state index in [-0.39, 0.29) is 12.1 Å². The predicted octanol–water partition coefficient (Wildman–Crippen LogP) is 2.95. The van der Waals surface area contributed by atoms with Gasteiger partial charge in [0.2, 0.25) is 0 Å². The highest BCUT2D eigenvalue weighted by molar-refractivity contribution is 4.65. The lowest BCUT2D eigenvalue weighted by atomic mass is 10.0. The van der Waals surface area contributed by atoms with Gasteiger partial charge in [0, 0.05) is 6.04 Å². The molecule has 0 bridgehead atoms. The Labute approximate surface area is 95.5 Å². The first kappa shape index (κ1) is 14.9. The molecule has 2 unspecified atom stereocenters. The van der Waals surface area contributed by atoms with E-state index in [9.17, 15) is 5.11 Å². The van der Waals surface area contributed by atoms with Crippen molar-refractivity contribution in [3.63, 3.8) is 0 Å². The molecule has 0 heterocycles. The molecular formula is C13H29NO. The molecule has 0 saturated heterocycles. The van der Waals surface area contributed by atoms with E-state index in [2.05, 4.69) is 19.2 Å². The van der Waals surface area contributed by atoms with Gasteiger partial charge < -0.3 is 10.4 Å². The molecular weight excluding hydrogens is 186 g/mol. The second kappa shape index (κ2) is 9.17. The number of rotatable bonds is 9. The molecule has 0 rings (SSSR count). The summed E-state index contributed by atoms with van der Waals surface area (Å²) in [5.41, 5.74) is 0. The van der Waals surface area contributed by atoms with Gasteiger partial charge in [-0.25, -0.2) is 0 Å². The van der Waals surface area contributed by atoms with Crippen LogP contribution >= 0.6 is 0 Å². The number of unbranched alkanes of at least 4 members (excludes halogenated alkanes) is 3. The van der Waals surface area contributed by atoms with Crippen LogP contribution in [0.3, 0.4) is 0 Å². The highest BCUT2D eigenvalue weighted by Gasteiger charge is 2.06. The van der Waals surface area contributed by atoms with Gasteiger partial charge in [-0.3, -0.25) is 0 Å². The van der Waals surface area contributed by atoms with Crippen molar-refractivity contribution in [3.05, 3.63) is 0 Å². The van der Waals surface area contributed by atoms with Crippen LogP contribution in [-0.4, -0.2) is 23.8 Å².